The number of nitrogens with zero attached hydrogens (tertiary/aromatic N) is 1. The van der Waals surface area contributed by atoms with Gasteiger partial charge in [-0.25, -0.2) is 5.43 Å². The Hall–Kier alpha value is -2.42. The van der Waals surface area contributed by atoms with Gasteiger partial charge in [-0.3, -0.25) is 24.2 Å². The quantitative estimate of drug-likeness (QED) is 0.376. The highest BCUT2D eigenvalue weighted by Crippen LogP contribution is 2.12. The van der Waals surface area contributed by atoms with Crippen molar-refractivity contribution in [2.24, 2.45) is 5.92 Å². The van der Waals surface area contributed by atoms with E-state index in [1.54, 1.807) is 39.8 Å². The summed E-state index contributed by atoms with van der Waals surface area (Å²) in [5.74, 6) is -1.79. The van der Waals surface area contributed by atoms with E-state index in [9.17, 15) is 19.2 Å². The van der Waals surface area contributed by atoms with Crippen molar-refractivity contribution in [3.05, 3.63) is 12.2 Å². The molecule has 9 nitrogen and oxygen atoms in total. The van der Waals surface area contributed by atoms with Crippen LogP contribution in [0.25, 0.3) is 0 Å². The third-order valence-electron chi connectivity index (χ3n) is 4.57. The van der Waals surface area contributed by atoms with Crippen molar-refractivity contribution in [2.45, 2.75) is 85.0 Å². The summed E-state index contributed by atoms with van der Waals surface area (Å²) >= 11 is 0. The van der Waals surface area contributed by atoms with Gasteiger partial charge >= 0.3 is 5.97 Å². The van der Waals surface area contributed by atoms with Crippen LogP contribution in [0.5, 0.6) is 0 Å². The van der Waals surface area contributed by atoms with Crippen LogP contribution in [0.15, 0.2) is 12.2 Å². The molecule has 1 rings (SSSR count). The van der Waals surface area contributed by atoms with E-state index >= 15 is 0 Å². The highest BCUT2D eigenvalue weighted by molar-refractivity contribution is 5.90. The Balaban J connectivity index is 2.69. The van der Waals surface area contributed by atoms with Gasteiger partial charge < -0.3 is 15.4 Å². The molecule has 0 saturated carbocycles. The average molecular weight is 425 g/mol. The summed E-state index contributed by atoms with van der Waals surface area (Å²) in [6.45, 7) is 11.1. The van der Waals surface area contributed by atoms with Crippen LogP contribution in [0.3, 0.4) is 0 Å². The maximum absolute atomic E-state index is 12.8. The number of amides is 3. The number of carbonyl (C=O) groups is 4. The minimum atomic E-state index is -0.989. The van der Waals surface area contributed by atoms with E-state index in [0.717, 1.165) is 0 Å². The number of carbonyl (C=O) groups excluding carboxylic acids is 4. The molecule has 0 aromatic heterocycles. The number of esters is 1. The molecule has 9 heteroatoms. The van der Waals surface area contributed by atoms with Gasteiger partial charge in [0.1, 0.15) is 12.1 Å². The van der Waals surface area contributed by atoms with Crippen molar-refractivity contribution < 1.29 is 23.9 Å². The number of hydrogen-bond donors (Lipinski definition) is 3. The zero-order valence-corrected chi connectivity index (χ0v) is 18.9. The molecule has 1 aliphatic heterocycles. The molecule has 1 aliphatic rings. The minimum absolute atomic E-state index is 0.00656. The van der Waals surface area contributed by atoms with Crippen LogP contribution in [-0.2, 0) is 23.9 Å². The van der Waals surface area contributed by atoms with E-state index in [-0.39, 0.29) is 30.2 Å². The molecule has 170 valence electrons. The Bertz CT molecular complexity index is 647. The predicted molar refractivity (Wildman–Crippen MR) is 113 cm³/mol. The molecule has 0 spiro atoms. The van der Waals surface area contributed by atoms with Crippen molar-refractivity contribution in [3.63, 3.8) is 0 Å². The van der Waals surface area contributed by atoms with Crippen LogP contribution in [0.1, 0.15) is 60.8 Å². The summed E-state index contributed by atoms with van der Waals surface area (Å²) in [6, 6.07) is -1.33. The number of allylic oxidation sites excluding steroid dienone is 1. The topological polar surface area (TPSA) is 117 Å². The lowest BCUT2D eigenvalue weighted by molar-refractivity contribution is -0.158. The first-order valence-electron chi connectivity index (χ1n) is 10.6. The summed E-state index contributed by atoms with van der Waals surface area (Å²) in [5.41, 5.74) is 2.95. The number of ether oxygens (including phenoxy) is 1. The number of nitrogens with one attached hydrogen (secondary N) is 3. The standard InChI is InChI=1S/C21H36N4O5/c1-7-8-11-17(26)30-18(13(2)3)20(28)23-15(6)21(29)25-12-9-10-16(24-25)19(27)22-14(4)5/h7-8,13-16,18,24H,9-12H2,1-6H3,(H,22,27)(H,23,28)/b8-7+/t15-,16-,18-/m0/s1. The fraction of sp³-hybridized carbons (Fsp3) is 0.714. The molecule has 1 heterocycles. The summed E-state index contributed by atoms with van der Waals surface area (Å²) in [5, 5.41) is 6.84. The van der Waals surface area contributed by atoms with Crippen molar-refractivity contribution in [2.75, 3.05) is 6.54 Å². The van der Waals surface area contributed by atoms with Crippen LogP contribution < -0.4 is 16.1 Å². The highest BCUT2D eigenvalue weighted by atomic mass is 16.5. The normalized spacial score (nSPS) is 18.9. The SMILES string of the molecule is C/C=C/CC(=O)O[C@H](C(=O)N[C@@H](C)C(=O)N1CCC[C@@H](C(=O)NC(C)C)N1)C(C)C. The van der Waals surface area contributed by atoms with Gasteiger partial charge in [-0.15, -0.1) is 0 Å². The van der Waals surface area contributed by atoms with Gasteiger partial charge in [-0.2, -0.15) is 0 Å². The highest BCUT2D eigenvalue weighted by Gasteiger charge is 2.33. The third-order valence-corrected chi connectivity index (χ3v) is 4.57. The lowest BCUT2D eigenvalue weighted by atomic mass is 10.1. The predicted octanol–water partition coefficient (Wildman–Crippen LogP) is 1.05. The zero-order chi connectivity index (χ0) is 22.8. The molecule has 0 radical (unpaired) electrons. The molecule has 0 bridgehead atoms. The first-order chi connectivity index (χ1) is 14.1. The monoisotopic (exact) mass is 424 g/mol. The second-order valence-corrected chi connectivity index (χ2v) is 8.13. The number of hydrazine groups is 1. The molecule has 0 aromatic carbocycles. The average Bonchev–Trinajstić information content (AvgIpc) is 2.68. The lowest BCUT2D eigenvalue weighted by Gasteiger charge is -2.35. The maximum Gasteiger partial charge on any atom is 0.310 e. The van der Waals surface area contributed by atoms with Gasteiger partial charge in [0.25, 0.3) is 11.8 Å². The second kappa shape index (κ2) is 12.3. The van der Waals surface area contributed by atoms with E-state index in [0.29, 0.717) is 19.4 Å². The van der Waals surface area contributed by atoms with Gasteiger partial charge in [0.05, 0.1) is 6.42 Å². The van der Waals surface area contributed by atoms with Gasteiger partial charge in [-0.05, 0) is 46.5 Å². The van der Waals surface area contributed by atoms with E-state index in [4.69, 9.17) is 4.74 Å². The molecule has 3 atom stereocenters. The van der Waals surface area contributed by atoms with Crippen LogP contribution in [0.4, 0.5) is 0 Å². The molecule has 3 amide bonds. The van der Waals surface area contributed by atoms with E-state index in [2.05, 4.69) is 16.1 Å². The Labute approximate surface area is 178 Å². The molecule has 3 N–H and O–H groups in total. The minimum Gasteiger partial charge on any atom is -0.452 e. The molecule has 0 unspecified atom stereocenters. The van der Waals surface area contributed by atoms with Crippen molar-refractivity contribution in [3.8, 4) is 0 Å². The fourth-order valence-corrected chi connectivity index (χ4v) is 3.01. The van der Waals surface area contributed by atoms with Crippen molar-refractivity contribution in [1.82, 2.24) is 21.1 Å². The van der Waals surface area contributed by atoms with E-state index < -0.39 is 30.1 Å². The van der Waals surface area contributed by atoms with Crippen LogP contribution >= 0.6 is 0 Å². The van der Waals surface area contributed by atoms with Gasteiger partial charge in [0, 0.05) is 12.6 Å². The Morgan fingerprint density at radius 2 is 1.80 bits per heavy atom. The summed E-state index contributed by atoms with van der Waals surface area (Å²) in [4.78, 5) is 49.5. The molecule has 0 aromatic rings. The molecular weight excluding hydrogens is 388 g/mol. The van der Waals surface area contributed by atoms with Gasteiger partial charge in [-0.1, -0.05) is 26.0 Å². The van der Waals surface area contributed by atoms with Crippen molar-refractivity contribution >= 4 is 23.7 Å². The summed E-state index contributed by atoms with van der Waals surface area (Å²) in [6.07, 6.45) is 3.77. The summed E-state index contributed by atoms with van der Waals surface area (Å²) in [7, 11) is 0. The Morgan fingerprint density at radius 3 is 2.37 bits per heavy atom. The van der Waals surface area contributed by atoms with Crippen LogP contribution in [0, 0.1) is 5.92 Å². The largest absolute Gasteiger partial charge is 0.452 e. The number of hydrogen-bond acceptors (Lipinski definition) is 6. The van der Waals surface area contributed by atoms with Crippen LogP contribution in [-0.4, -0.2) is 59.5 Å². The van der Waals surface area contributed by atoms with Gasteiger partial charge in [0.2, 0.25) is 5.91 Å². The van der Waals surface area contributed by atoms with E-state index in [1.807, 2.05) is 13.8 Å². The molecule has 30 heavy (non-hydrogen) atoms. The smallest absolute Gasteiger partial charge is 0.310 e. The van der Waals surface area contributed by atoms with Crippen molar-refractivity contribution in [1.29, 1.82) is 0 Å². The first-order valence-corrected chi connectivity index (χ1v) is 10.6. The molecule has 1 saturated heterocycles. The zero-order valence-electron chi connectivity index (χ0n) is 18.9. The fourth-order valence-electron chi connectivity index (χ4n) is 3.01. The second-order valence-electron chi connectivity index (χ2n) is 8.13. The third kappa shape index (κ3) is 8.14. The van der Waals surface area contributed by atoms with E-state index in [1.165, 1.54) is 5.01 Å². The molecular formula is C21H36N4O5. The Kier molecular flexibility index (Phi) is 10.5. The lowest BCUT2D eigenvalue weighted by Crippen LogP contribution is -2.61. The first kappa shape index (κ1) is 25.6. The maximum atomic E-state index is 12.8. The summed E-state index contributed by atoms with van der Waals surface area (Å²) < 4.78 is 5.29. The van der Waals surface area contributed by atoms with Gasteiger partial charge in [0.15, 0.2) is 6.10 Å². The molecule has 0 aliphatic carbocycles. The molecule has 1 fully saturated rings. The Morgan fingerprint density at radius 1 is 1.13 bits per heavy atom. The van der Waals surface area contributed by atoms with Crippen LogP contribution in [0.2, 0.25) is 0 Å². The number of rotatable bonds is 9.